The Bertz CT molecular complexity index is 198. The van der Waals surface area contributed by atoms with E-state index >= 15 is 0 Å². The van der Waals surface area contributed by atoms with Crippen LogP contribution in [0.1, 0.15) is 48.0 Å². The molecule has 0 aromatic carbocycles. The molecule has 0 N–H and O–H groups in total. The lowest BCUT2D eigenvalue weighted by Crippen LogP contribution is -2.09. The van der Waals surface area contributed by atoms with Gasteiger partial charge in [0.1, 0.15) is 0 Å². The first-order valence-electron chi connectivity index (χ1n) is 4.98. The van der Waals surface area contributed by atoms with Crippen molar-refractivity contribution in [1.82, 2.24) is 0 Å². The van der Waals surface area contributed by atoms with E-state index in [4.69, 9.17) is 0 Å². The van der Waals surface area contributed by atoms with E-state index in [0.717, 1.165) is 17.3 Å². The van der Waals surface area contributed by atoms with Gasteiger partial charge in [0.25, 0.3) is 0 Å². The smallest absolute Gasteiger partial charge is 0.0403 e. The van der Waals surface area contributed by atoms with Crippen molar-refractivity contribution in [1.29, 1.82) is 0 Å². The first-order chi connectivity index (χ1) is 5.93. The van der Waals surface area contributed by atoms with Gasteiger partial charge in [-0.05, 0) is 39.0 Å². The van der Waals surface area contributed by atoms with Crippen LogP contribution in [-0.2, 0) is 0 Å². The van der Waals surface area contributed by atoms with Gasteiger partial charge in [0.15, 0.2) is 0 Å². The van der Waals surface area contributed by atoms with Gasteiger partial charge in [0.2, 0.25) is 0 Å². The molecule has 0 aliphatic carbocycles. The summed E-state index contributed by atoms with van der Waals surface area (Å²) < 4.78 is 0. The molecule has 0 bridgehead atoms. The maximum atomic E-state index is 4.18. The van der Waals surface area contributed by atoms with Crippen molar-refractivity contribution in [3.63, 3.8) is 0 Å². The van der Waals surface area contributed by atoms with Crippen molar-refractivity contribution in [2.24, 2.45) is 22.0 Å². The predicted octanol–water partition coefficient (Wildman–Crippen LogP) is 3.53. The summed E-state index contributed by atoms with van der Waals surface area (Å²) >= 11 is 0. The molecule has 1 unspecified atom stereocenters. The van der Waals surface area contributed by atoms with Crippen LogP contribution in [0.3, 0.4) is 0 Å². The van der Waals surface area contributed by atoms with Gasteiger partial charge in [-0.3, -0.25) is 0 Å². The van der Waals surface area contributed by atoms with E-state index in [1.807, 2.05) is 13.8 Å². The summed E-state index contributed by atoms with van der Waals surface area (Å²) in [5.74, 6) is 1.27. The van der Waals surface area contributed by atoms with Crippen molar-refractivity contribution in [3.8, 4) is 0 Å². The molecular formula is C11H22N2. The molecule has 2 nitrogen and oxygen atoms in total. The van der Waals surface area contributed by atoms with Crippen molar-refractivity contribution >= 4 is 11.4 Å². The molecule has 0 aromatic rings. The third-order valence-corrected chi connectivity index (χ3v) is 1.95. The maximum absolute atomic E-state index is 4.18. The number of hydrogen-bond acceptors (Lipinski definition) is 2. The average molecular weight is 182 g/mol. The highest BCUT2D eigenvalue weighted by Gasteiger charge is 2.07. The fourth-order valence-corrected chi connectivity index (χ4v) is 1.16. The van der Waals surface area contributed by atoms with Crippen molar-refractivity contribution < 1.29 is 0 Å². The van der Waals surface area contributed by atoms with E-state index in [1.54, 1.807) is 0 Å². The van der Waals surface area contributed by atoms with Crippen LogP contribution in [0, 0.1) is 11.8 Å². The molecular weight excluding hydrogens is 160 g/mol. The average Bonchev–Trinajstić information content (AvgIpc) is 1.98. The number of hydrogen-bond donors (Lipinski definition) is 0. The van der Waals surface area contributed by atoms with E-state index in [2.05, 4.69) is 37.9 Å². The Balaban J connectivity index is 4.16. The van der Waals surface area contributed by atoms with Gasteiger partial charge in [-0.25, -0.2) is 0 Å². The van der Waals surface area contributed by atoms with Gasteiger partial charge < -0.3 is 0 Å². The van der Waals surface area contributed by atoms with E-state index in [-0.39, 0.29) is 0 Å². The highest BCUT2D eigenvalue weighted by molar-refractivity contribution is 5.85. The molecule has 2 heteroatoms. The van der Waals surface area contributed by atoms with E-state index in [9.17, 15) is 0 Å². The fraction of sp³-hybridized carbons (Fsp3) is 0.818. The molecule has 0 aliphatic rings. The Morgan fingerprint density at radius 1 is 1.00 bits per heavy atom. The van der Waals surface area contributed by atoms with Crippen LogP contribution in [0.4, 0.5) is 0 Å². The van der Waals surface area contributed by atoms with Crippen LogP contribution >= 0.6 is 0 Å². The van der Waals surface area contributed by atoms with Gasteiger partial charge in [-0.1, -0.05) is 20.8 Å². The maximum Gasteiger partial charge on any atom is 0.0403 e. The van der Waals surface area contributed by atoms with Crippen LogP contribution in [0.2, 0.25) is 0 Å². The van der Waals surface area contributed by atoms with Crippen LogP contribution in [-0.4, -0.2) is 11.4 Å². The van der Waals surface area contributed by atoms with Crippen LogP contribution in [0.5, 0.6) is 0 Å². The zero-order chi connectivity index (χ0) is 10.4. The molecule has 0 heterocycles. The Morgan fingerprint density at radius 2 is 1.54 bits per heavy atom. The summed E-state index contributed by atoms with van der Waals surface area (Å²) in [6.45, 7) is 12.7. The third-order valence-electron chi connectivity index (χ3n) is 1.95. The fourth-order valence-electron chi connectivity index (χ4n) is 1.16. The minimum atomic E-state index is 0.545. The minimum absolute atomic E-state index is 0.545. The topological polar surface area (TPSA) is 24.7 Å². The molecule has 0 aliphatic heterocycles. The predicted molar refractivity (Wildman–Crippen MR) is 60.5 cm³/mol. The molecule has 0 aromatic heterocycles. The molecule has 0 saturated heterocycles. The van der Waals surface area contributed by atoms with Gasteiger partial charge in [-0.15, -0.1) is 0 Å². The molecule has 0 fully saturated rings. The van der Waals surface area contributed by atoms with Gasteiger partial charge in [0, 0.05) is 11.4 Å². The Labute approximate surface area is 82.1 Å². The molecule has 0 radical (unpaired) electrons. The Hall–Kier alpha value is -0.660. The summed E-state index contributed by atoms with van der Waals surface area (Å²) in [5.41, 5.74) is 2.14. The van der Waals surface area contributed by atoms with E-state index in [0.29, 0.717) is 5.92 Å². The number of nitrogens with zero attached hydrogens (tertiary/aromatic N) is 2. The van der Waals surface area contributed by atoms with Gasteiger partial charge in [0.05, 0.1) is 0 Å². The summed E-state index contributed by atoms with van der Waals surface area (Å²) in [7, 11) is 0. The minimum Gasteiger partial charge on any atom is -0.161 e. The molecule has 1 atom stereocenters. The molecule has 0 amide bonds. The lowest BCUT2D eigenvalue weighted by molar-refractivity contribution is 0.519. The zero-order valence-corrected chi connectivity index (χ0v) is 9.76. The zero-order valence-electron chi connectivity index (χ0n) is 9.76. The normalized spacial score (nSPS) is 14.5. The Morgan fingerprint density at radius 3 is 1.92 bits per heavy atom. The van der Waals surface area contributed by atoms with Crippen molar-refractivity contribution in [2.45, 2.75) is 48.0 Å². The molecule has 13 heavy (non-hydrogen) atoms. The summed E-state index contributed by atoms with van der Waals surface area (Å²) in [6, 6.07) is 0. The van der Waals surface area contributed by atoms with Crippen molar-refractivity contribution in [3.05, 3.63) is 0 Å². The highest BCUT2D eigenvalue weighted by atomic mass is 15.2. The quantitative estimate of drug-likeness (QED) is 0.469. The monoisotopic (exact) mass is 182 g/mol. The van der Waals surface area contributed by atoms with Crippen LogP contribution in [0.15, 0.2) is 10.2 Å². The highest BCUT2D eigenvalue weighted by Crippen LogP contribution is 2.12. The second-order valence-electron chi connectivity index (χ2n) is 4.32. The largest absolute Gasteiger partial charge is 0.161 e. The number of rotatable bonds is 4. The molecule has 0 saturated carbocycles. The lowest BCUT2D eigenvalue weighted by Gasteiger charge is -2.12. The third kappa shape index (κ3) is 6.50. The van der Waals surface area contributed by atoms with Gasteiger partial charge >= 0.3 is 0 Å². The first kappa shape index (κ1) is 12.3. The van der Waals surface area contributed by atoms with Crippen LogP contribution in [0.25, 0.3) is 0 Å². The van der Waals surface area contributed by atoms with Crippen molar-refractivity contribution in [2.75, 3.05) is 0 Å². The SMILES string of the molecule is CC(C)=N/N=C(\C)C(C)CC(C)C. The summed E-state index contributed by atoms with van der Waals surface area (Å²) in [6.07, 6.45) is 1.19. The van der Waals surface area contributed by atoms with E-state index in [1.165, 1.54) is 6.42 Å². The molecule has 0 rings (SSSR count). The summed E-state index contributed by atoms with van der Waals surface area (Å²) in [4.78, 5) is 0. The van der Waals surface area contributed by atoms with Crippen LogP contribution < -0.4 is 0 Å². The second kappa shape index (κ2) is 5.90. The summed E-state index contributed by atoms with van der Waals surface area (Å²) in [5, 5.41) is 8.24. The molecule has 76 valence electrons. The Kier molecular flexibility index (Phi) is 5.60. The second-order valence-corrected chi connectivity index (χ2v) is 4.32. The van der Waals surface area contributed by atoms with Gasteiger partial charge in [-0.2, -0.15) is 10.2 Å². The van der Waals surface area contributed by atoms with E-state index < -0.39 is 0 Å². The standard InChI is InChI=1S/C11H22N2/c1-8(2)7-10(5)11(6)13-12-9(3)4/h8,10H,7H2,1-6H3/b13-11+. The lowest BCUT2D eigenvalue weighted by atomic mass is 9.95. The first-order valence-corrected chi connectivity index (χ1v) is 4.98. The molecule has 0 spiro atoms.